The van der Waals surface area contributed by atoms with E-state index in [1.54, 1.807) is 24.3 Å². The summed E-state index contributed by atoms with van der Waals surface area (Å²) in [7, 11) is 0. The Morgan fingerprint density at radius 1 is 1.23 bits per heavy atom. The summed E-state index contributed by atoms with van der Waals surface area (Å²) >= 11 is 0. The normalized spacial score (nSPS) is 10.5. The van der Waals surface area contributed by atoms with Crippen LogP contribution in [0, 0.1) is 5.92 Å². The first-order valence-electron chi connectivity index (χ1n) is 7.26. The molecule has 0 spiro atoms. The average molecular weight is 300 g/mol. The number of amides is 1. The number of ether oxygens (including phenoxy) is 1. The molecular formula is C17H20N2O3. The molecule has 2 N–H and O–H groups in total. The maximum Gasteiger partial charge on any atom is 0.252 e. The molecule has 5 nitrogen and oxygen atoms in total. The molecule has 116 valence electrons. The predicted molar refractivity (Wildman–Crippen MR) is 84.2 cm³/mol. The van der Waals surface area contributed by atoms with Gasteiger partial charge in [-0.2, -0.15) is 0 Å². The number of phenols is 1. The van der Waals surface area contributed by atoms with Gasteiger partial charge in [-0.25, -0.2) is 4.98 Å². The van der Waals surface area contributed by atoms with Crippen molar-refractivity contribution in [2.75, 3.05) is 6.54 Å². The smallest absolute Gasteiger partial charge is 0.252 e. The molecule has 0 radical (unpaired) electrons. The van der Waals surface area contributed by atoms with E-state index < -0.39 is 0 Å². The van der Waals surface area contributed by atoms with Crippen LogP contribution in [0.1, 0.15) is 30.6 Å². The van der Waals surface area contributed by atoms with Crippen molar-refractivity contribution in [1.82, 2.24) is 10.3 Å². The third kappa shape index (κ3) is 4.77. The van der Waals surface area contributed by atoms with Crippen molar-refractivity contribution >= 4 is 5.91 Å². The number of carbonyl (C=O) groups is 1. The highest BCUT2D eigenvalue weighted by Gasteiger charge is 2.07. The maximum absolute atomic E-state index is 11.9. The molecule has 0 bridgehead atoms. The van der Waals surface area contributed by atoms with Crippen molar-refractivity contribution in [2.45, 2.75) is 20.3 Å². The summed E-state index contributed by atoms with van der Waals surface area (Å²) in [4.78, 5) is 16.0. The van der Waals surface area contributed by atoms with E-state index in [0.717, 1.165) is 6.42 Å². The highest BCUT2D eigenvalue weighted by molar-refractivity contribution is 5.93. The monoisotopic (exact) mass is 300 g/mol. The van der Waals surface area contributed by atoms with E-state index in [1.165, 1.54) is 18.3 Å². The second-order valence-corrected chi connectivity index (χ2v) is 5.42. The molecule has 0 atom stereocenters. The number of pyridine rings is 1. The van der Waals surface area contributed by atoms with Crippen molar-refractivity contribution < 1.29 is 14.6 Å². The van der Waals surface area contributed by atoms with Gasteiger partial charge in [0.2, 0.25) is 5.88 Å². The van der Waals surface area contributed by atoms with Gasteiger partial charge in [0.1, 0.15) is 11.5 Å². The first-order chi connectivity index (χ1) is 10.5. The lowest BCUT2D eigenvalue weighted by Gasteiger charge is -2.08. The largest absolute Gasteiger partial charge is 0.508 e. The first-order valence-corrected chi connectivity index (χ1v) is 7.26. The lowest BCUT2D eigenvalue weighted by Crippen LogP contribution is -2.25. The van der Waals surface area contributed by atoms with Crippen LogP contribution in [0.3, 0.4) is 0 Å². The topological polar surface area (TPSA) is 71.5 Å². The summed E-state index contributed by atoms with van der Waals surface area (Å²) in [6.07, 6.45) is 2.43. The minimum atomic E-state index is -0.135. The summed E-state index contributed by atoms with van der Waals surface area (Å²) in [5, 5.41) is 12.1. The quantitative estimate of drug-likeness (QED) is 0.858. The zero-order valence-electron chi connectivity index (χ0n) is 12.7. The van der Waals surface area contributed by atoms with Crippen LogP contribution < -0.4 is 10.1 Å². The Labute approximate surface area is 130 Å². The standard InChI is InChI=1S/C17H20N2O3/c1-12(2)9-10-18-17(21)13-3-8-16(19-11-13)22-15-6-4-14(20)5-7-15/h3-8,11-12,20H,9-10H2,1-2H3,(H,18,21). The minimum Gasteiger partial charge on any atom is -0.508 e. The van der Waals surface area contributed by atoms with Crippen molar-refractivity contribution in [1.29, 1.82) is 0 Å². The molecule has 1 aromatic carbocycles. The second kappa shape index (κ2) is 7.45. The molecule has 1 heterocycles. The fourth-order valence-electron chi connectivity index (χ4n) is 1.79. The minimum absolute atomic E-state index is 0.135. The zero-order valence-corrected chi connectivity index (χ0v) is 12.7. The fourth-order valence-corrected chi connectivity index (χ4v) is 1.79. The highest BCUT2D eigenvalue weighted by atomic mass is 16.5. The Morgan fingerprint density at radius 2 is 1.95 bits per heavy atom. The van der Waals surface area contributed by atoms with Crippen LogP contribution in [0.5, 0.6) is 17.4 Å². The first kappa shape index (κ1) is 15.8. The van der Waals surface area contributed by atoms with Gasteiger partial charge in [-0.1, -0.05) is 13.8 Å². The van der Waals surface area contributed by atoms with Gasteiger partial charge < -0.3 is 15.2 Å². The fraction of sp³-hybridized carbons (Fsp3) is 0.294. The molecule has 0 saturated carbocycles. The summed E-state index contributed by atoms with van der Waals surface area (Å²) < 4.78 is 5.53. The SMILES string of the molecule is CC(C)CCNC(=O)c1ccc(Oc2ccc(O)cc2)nc1. The van der Waals surface area contributed by atoms with Crippen LogP contribution in [0.15, 0.2) is 42.6 Å². The average Bonchev–Trinajstić information content (AvgIpc) is 2.50. The molecule has 0 aliphatic carbocycles. The van der Waals surface area contributed by atoms with Gasteiger partial charge in [-0.05, 0) is 42.7 Å². The highest BCUT2D eigenvalue weighted by Crippen LogP contribution is 2.21. The number of rotatable bonds is 6. The lowest BCUT2D eigenvalue weighted by atomic mass is 10.1. The molecule has 1 aromatic heterocycles. The molecular weight excluding hydrogens is 280 g/mol. The molecule has 0 aliphatic heterocycles. The molecule has 2 rings (SSSR count). The second-order valence-electron chi connectivity index (χ2n) is 5.42. The molecule has 0 unspecified atom stereocenters. The predicted octanol–water partition coefficient (Wildman–Crippen LogP) is 3.36. The molecule has 22 heavy (non-hydrogen) atoms. The molecule has 0 saturated heterocycles. The summed E-state index contributed by atoms with van der Waals surface area (Å²) in [6.45, 7) is 4.88. The molecule has 0 aliphatic rings. The number of nitrogens with one attached hydrogen (secondary N) is 1. The summed E-state index contributed by atoms with van der Waals surface area (Å²) in [5.41, 5.74) is 0.502. The number of hydrogen-bond donors (Lipinski definition) is 2. The van der Waals surface area contributed by atoms with E-state index in [9.17, 15) is 9.90 Å². The number of aromatic nitrogens is 1. The van der Waals surface area contributed by atoms with Gasteiger partial charge in [-0.15, -0.1) is 0 Å². The van der Waals surface area contributed by atoms with E-state index >= 15 is 0 Å². The Bertz CT molecular complexity index is 607. The third-order valence-corrected chi connectivity index (χ3v) is 3.06. The molecule has 5 heteroatoms. The Morgan fingerprint density at radius 3 is 2.55 bits per heavy atom. The van der Waals surface area contributed by atoms with Gasteiger partial charge in [0.15, 0.2) is 0 Å². The number of phenolic OH excluding ortho intramolecular Hbond substituents is 1. The Hall–Kier alpha value is -2.56. The van der Waals surface area contributed by atoms with Crippen molar-refractivity contribution in [3.8, 4) is 17.4 Å². The van der Waals surface area contributed by atoms with Gasteiger partial charge in [0.25, 0.3) is 5.91 Å². The van der Waals surface area contributed by atoms with Crippen LogP contribution in [0.4, 0.5) is 0 Å². The lowest BCUT2D eigenvalue weighted by molar-refractivity contribution is 0.0951. The third-order valence-electron chi connectivity index (χ3n) is 3.06. The van der Waals surface area contributed by atoms with E-state index in [1.807, 2.05) is 0 Å². The Balaban J connectivity index is 1.92. The van der Waals surface area contributed by atoms with E-state index in [0.29, 0.717) is 29.7 Å². The number of carbonyl (C=O) groups excluding carboxylic acids is 1. The van der Waals surface area contributed by atoms with Gasteiger partial charge in [0, 0.05) is 18.8 Å². The number of hydrogen-bond acceptors (Lipinski definition) is 4. The van der Waals surface area contributed by atoms with Crippen molar-refractivity contribution in [3.05, 3.63) is 48.2 Å². The van der Waals surface area contributed by atoms with E-state index in [-0.39, 0.29) is 11.7 Å². The van der Waals surface area contributed by atoms with E-state index in [4.69, 9.17) is 4.74 Å². The van der Waals surface area contributed by atoms with Crippen LogP contribution in [0.2, 0.25) is 0 Å². The zero-order chi connectivity index (χ0) is 15.9. The number of aromatic hydroxyl groups is 1. The van der Waals surface area contributed by atoms with E-state index in [2.05, 4.69) is 24.1 Å². The Kier molecular flexibility index (Phi) is 5.36. The molecule has 0 fully saturated rings. The molecule has 2 aromatic rings. The van der Waals surface area contributed by atoms with Crippen molar-refractivity contribution in [3.63, 3.8) is 0 Å². The van der Waals surface area contributed by atoms with Gasteiger partial charge >= 0.3 is 0 Å². The maximum atomic E-state index is 11.9. The van der Waals surface area contributed by atoms with Gasteiger partial charge in [0.05, 0.1) is 5.56 Å². The number of benzene rings is 1. The van der Waals surface area contributed by atoms with Crippen LogP contribution in [-0.4, -0.2) is 22.5 Å². The number of nitrogens with zero attached hydrogens (tertiary/aromatic N) is 1. The summed E-state index contributed by atoms with van der Waals surface area (Å²) in [6, 6.07) is 9.67. The van der Waals surface area contributed by atoms with Gasteiger partial charge in [-0.3, -0.25) is 4.79 Å². The molecule has 1 amide bonds. The van der Waals surface area contributed by atoms with Crippen LogP contribution >= 0.6 is 0 Å². The van der Waals surface area contributed by atoms with Crippen molar-refractivity contribution in [2.24, 2.45) is 5.92 Å². The van der Waals surface area contributed by atoms with Crippen LogP contribution in [-0.2, 0) is 0 Å². The summed E-state index contributed by atoms with van der Waals surface area (Å²) in [5.74, 6) is 1.56. The van der Waals surface area contributed by atoms with Crippen LogP contribution in [0.25, 0.3) is 0 Å².